The van der Waals surface area contributed by atoms with E-state index in [1.165, 1.54) is 0 Å². The number of halogens is 3. The van der Waals surface area contributed by atoms with Crippen molar-refractivity contribution < 1.29 is 17.9 Å². The van der Waals surface area contributed by atoms with Gasteiger partial charge in [-0.3, -0.25) is 4.99 Å². The van der Waals surface area contributed by atoms with Gasteiger partial charge >= 0.3 is 6.18 Å². The number of nitrogen functional groups attached to an aromatic ring is 1. The van der Waals surface area contributed by atoms with Crippen LogP contribution in [0.3, 0.4) is 0 Å². The van der Waals surface area contributed by atoms with E-state index in [1.54, 1.807) is 24.3 Å². The number of rotatable bonds is 5. The van der Waals surface area contributed by atoms with Crippen LogP contribution in [-0.4, -0.2) is 18.6 Å². The summed E-state index contributed by atoms with van der Waals surface area (Å²) in [7, 11) is 0. The largest absolute Gasteiger partial charge is 0.493 e. The van der Waals surface area contributed by atoms with E-state index < -0.39 is 12.6 Å². The topological polar surface area (TPSA) is 59.6 Å². The minimum Gasteiger partial charge on any atom is -0.493 e. The molecule has 0 amide bonds. The molecule has 0 fully saturated rings. The van der Waals surface area contributed by atoms with Crippen molar-refractivity contribution in [3.05, 3.63) is 53.6 Å². The van der Waals surface area contributed by atoms with Crippen molar-refractivity contribution in [2.24, 2.45) is 4.99 Å². The SMILES string of the molecule is Nc1ccc2c(c1)CC(=NCc1ccc(OCCC(F)(F)F)cc1)N2. The molecule has 0 bridgehead atoms. The molecule has 132 valence electrons. The highest BCUT2D eigenvalue weighted by Crippen LogP contribution is 2.25. The number of amidine groups is 1. The Balaban J connectivity index is 1.52. The Kier molecular flexibility index (Phi) is 4.83. The second kappa shape index (κ2) is 7.04. The van der Waals surface area contributed by atoms with Crippen molar-refractivity contribution in [3.8, 4) is 5.75 Å². The number of benzene rings is 2. The van der Waals surface area contributed by atoms with Gasteiger partial charge in [-0.1, -0.05) is 12.1 Å². The number of hydrogen-bond acceptors (Lipinski definition) is 3. The summed E-state index contributed by atoms with van der Waals surface area (Å²) < 4.78 is 41.3. The lowest BCUT2D eigenvalue weighted by Gasteiger charge is -2.09. The molecule has 4 nitrogen and oxygen atoms in total. The normalized spacial score (nSPS) is 15.1. The zero-order chi connectivity index (χ0) is 17.9. The van der Waals surface area contributed by atoms with E-state index in [1.807, 2.05) is 18.2 Å². The molecule has 1 heterocycles. The summed E-state index contributed by atoms with van der Waals surface area (Å²) in [5, 5.41) is 3.25. The molecular weight excluding hydrogens is 331 g/mol. The zero-order valence-electron chi connectivity index (χ0n) is 13.4. The fourth-order valence-electron chi connectivity index (χ4n) is 2.52. The van der Waals surface area contributed by atoms with Crippen molar-refractivity contribution in [2.75, 3.05) is 17.7 Å². The average molecular weight is 349 g/mol. The van der Waals surface area contributed by atoms with Crippen LogP contribution in [0.25, 0.3) is 0 Å². The Morgan fingerprint density at radius 1 is 1.12 bits per heavy atom. The Morgan fingerprint density at radius 2 is 1.88 bits per heavy atom. The van der Waals surface area contributed by atoms with E-state index in [4.69, 9.17) is 10.5 Å². The van der Waals surface area contributed by atoms with Crippen LogP contribution in [0.4, 0.5) is 24.5 Å². The fraction of sp³-hybridized carbons (Fsp3) is 0.278. The molecule has 0 aromatic heterocycles. The van der Waals surface area contributed by atoms with Gasteiger partial charge in [-0.2, -0.15) is 13.2 Å². The van der Waals surface area contributed by atoms with Crippen molar-refractivity contribution >= 4 is 17.2 Å². The second-order valence-electron chi connectivity index (χ2n) is 5.84. The summed E-state index contributed by atoms with van der Waals surface area (Å²) in [6.45, 7) is 0.102. The van der Waals surface area contributed by atoms with Gasteiger partial charge in [0.15, 0.2) is 0 Å². The van der Waals surface area contributed by atoms with E-state index in [2.05, 4.69) is 10.3 Å². The van der Waals surface area contributed by atoms with Gasteiger partial charge in [0.05, 0.1) is 19.6 Å². The molecule has 0 spiro atoms. The van der Waals surface area contributed by atoms with Crippen molar-refractivity contribution in [1.82, 2.24) is 0 Å². The number of ether oxygens (including phenoxy) is 1. The molecule has 0 saturated carbocycles. The highest BCUT2D eigenvalue weighted by molar-refractivity contribution is 6.03. The number of anilines is 2. The molecule has 0 atom stereocenters. The number of nitrogens with one attached hydrogen (secondary N) is 1. The van der Waals surface area contributed by atoms with Crippen LogP contribution in [0.5, 0.6) is 5.75 Å². The maximum Gasteiger partial charge on any atom is 0.392 e. The summed E-state index contributed by atoms with van der Waals surface area (Å²) in [4.78, 5) is 4.54. The first kappa shape index (κ1) is 17.1. The number of fused-ring (bicyclic) bond motifs is 1. The van der Waals surface area contributed by atoms with Crippen molar-refractivity contribution in [3.63, 3.8) is 0 Å². The van der Waals surface area contributed by atoms with Crippen LogP contribution in [0.1, 0.15) is 17.5 Å². The lowest BCUT2D eigenvalue weighted by Crippen LogP contribution is -2.12. The molecule has 0 aliphatic carbocycles. The molecule has 0 unspecified atom stereocenters. The van der Waals surface area contributed by atoms with Gasteiger partial charge in [0.1, 0.15) is 11.6 Å². The quantitative estimate of drug-likeness (QED) is 0.797. The monoisotopic (exact) mass is 349 g/mol. The van der Waals surface area contributed by atoms with Gasteiger partial charge in [0.2, 0.25) is 0 Å². The van der Waals surface area contributed by atoms with Gasteiger partial charge in [-0.15, -0.1) is 0 Å². The van der Waals surface area contributed by atoms with E-state index in [0.717, 1.165) is 28.3 Å². The Bertz CT molecular complexity index is 770. The number of nitrogens with zero attached hydrogens (tertiary/aromatic N) is 1. The van der Waals surface area contributed by atoms with Crippen LogP contribution in [0, 0.1) is 0 Å². The lowest BCUT2D eigenvalue weighted by molar-refractivity contribution is -0.139. The first-order valence-corrected chi connectivity index (χ1v) is 7.86. The third-order valence-electron chi connectivity index (χ3n) is 3.80. The Hall–Kier alpha value is -2.70. The van der Waals surface area contributed by atoms with Crippen LogP contribution in [0.2, 0.25) is 0 Å². The highest BCUT2D eigenvalue weighted by Gasteiger charge is 2.26. The maximum atomic E-state index is 12.1. The van der Waals surface area contributed by atoms with Gasteiger partial charge in [-0.25, -0.2) is 0 Å². The molecule has 7 heteroatoms. The third kappa shape index (κ3) is 4.89. The van der Waals surface area contributed by atoms with E-state index in [9.17, 15) is 13.2 Å². The van der Waals surface area contributed by atoms with Crippen LogP contribution in [-0.2, 0) is 13.0 Å². The summed E-state index contributed by atoms with van der Waals surface area (Å²) in [5.41, 5.74) is 9.58. The van der Waals surface area contributed by atoms with Gasteiger partial charge in [-0.05, 0) is 41.5 Å². The number of alkyl halides is 3. The fourth-order valence-corrected chi connectivity index (χ4v) is 2.52. The van der Waals surface area contributed by atoms with Crippen molar-refractivity contribution in [2.45, 2.75) is 25.6 Å². The molecule has 2 aromatic rings. The molecule has 0 radical (unpaired) electrons. The van der Waals surface area contributed by atoms with Crippen LogP contribution in [0.15, 0.2) is 47.5 Å². The Labute approximate surface area is 143 Å². The van der Waals surface area contributed by atoms with Gasteiger partial charge in [0.25, 0.3) is 0 Å². The van der Waals surface area contributed by atoms with Crippen LogP contribution < -0.4 is 15.8 Å². The molecule has 1 aliphatic rings. The van der Waals surface area contributed by atoms with E-state index >= 15 is 0 Å². The molecule has 3 N–H and O–H groups in total. The number of hydrogen-bond donors (Lipinski definition) is 2. The minimum atomic E-state index is -4.20. The first-order valence-electron chi connectivity index (χ1n) is 7.86. The standard InChI is InChI=1S/C18H18F3N3O/c19-18(20,21)7-8-25-15-4-1-12(2-5-15)11-23-17-10-13-9-14(22)3-6-16(13)24-17/h1-6,9H,7-8,10-11,22H2,(H,23,24). The second-order valence-corrected chi connectivity index (χ2v) is 5.84. The molecule has 3 rings (SSSR count). The smallest absolute Gasteiger partial charge is 0.392 e. The maximum absolute atomic E-state index is 12.1. The molecule has 1 aliphatic heterocycles. The predicted octanol–water partition coefficient (Wildman–Crippen LogP) is 4.17. The third-order valence-corrected chi connectivity index (χ3v) is 3.80. The van der Waals surface area contributed by atoms with Crippen molar-refractivity contribution in [1.29, 1.82) is 0 Å². The lowest BCUT2D eigenvalue weighted by atomic mass is 10.1. The number of nitrogens with two attached hydrogens (primary N) is 1. The summed E-state index contributed by atoms with van der Waals surface area (Å²) in [5.74, 6) is 1.29. The Morgan fingerprint density at radius 3 is 2.60 bits per heavy atom. The van der Waals surface area contributed by atoms with Crippen LogP contribution >= 0.6 is 0 Å². The summed E-state index contributed by atoms with van der Waals surface area (Å²) in [6.07, 6.45) is -4.45. The van der Waals surface area contributed by atoms with Gasteiger partial charge < -0.3 is 15.8 Å². The number of aliphatic imine (C=N–C) groups is 1. The molecular formula is C18H18F3N3O. The first-order chi connectivity index (χ1) is 11.9. The molecule has 2 aromatic carbocycles. The minimum absolute atomic E-state index is 0.379. The zero-order valence-corrected chi connectivity index (χ0v) is 13.4. The van der Waals surface area contributed by atoms with E-state index in [-0.39, 0.29) is 6.61 Å². The molecule has 25 heavy (non-hydrogen) atoms. The summed E-state index contributed by atoms with van der Waals surface area (Å²) >= 11 is 0. The average Bonchev–Trinajstić information content (AvgIpc) is 2.95. The van der Waals surface area contributed by atoms with E-state index in [0.29, 0.717) is 18.7 Å². The van der Waals surface area contributed by atoms with Gasteiger partial charge in [0, 0.05) is 17.8 Å². The molecule has 0 saturated heterocycles. The predicted molar refractivity (Wildman–Crippen MR) is 91.9 cm³/mol. The highest BCUT2D eigenvalue weighted by atomic mass is 19.4. The summed E-state index contributed by atoms with van der Waals surface area (Å²) in [6, 6.07) is 12.6.